The zero-order valence-electron chi connectivity index (χ0n) is 18.1. The van der Waals surface area contributed by atoms with Crippen molar-refractivity contribution in [2.75, 3.05) is 38.2 Å². The summed E-state index contributed by atoms with van der Waals surface area (Å²) < 4.78 is 5.23. The maximum atomic E-state index is 12.9. The molecule has 1 fully saturated rings. The highest BCUT2D eigenvalue weighted by molar-refractivity contribution is 7.98. The molecule has 1 amide bonds. The molecule has 1 aliphatic rings. The lowest BCUT2D eigenvalue weighted by molar-refractivity contribution is 0.0747. The summed E-state index contributed by atoms with van der Waals surface area (Å²) in [7, 11) is 1.68. The molecule has 4 rings (SSSR count). The zero-order chi connectivity index (χ0) is 21.6. The fourth-order valence-electron chi connectivity index (χ4n) is 3.69. The maximum absolute atomic E-state index is 12.9. The van der Waals surface area contributed by atoms with Crippen LogP contribution in [-0.4, -0.2) is 44.1 Å². The van der Waals surface area contributed by atoms with Gasteiger partial charge in [0, 0.05) is 48.1 Å². The van der Waals surface area contributed by atoms with Crippen molar-refractivity contribution in [1.82, 2.24) is 4.90 Å². The number of rotatable bonds is 6. The first-order valence-corrected chi connectivity index (χ1v) is 11.6. The van der Waals surface area contributed by atoms with Gasteiger partial charge in [0.1, 0.15) is 5.75 Å². The van der Waals surface area contributed by atoms with E-state index in [0.29, 0.717) is 0 Å². The number of benzene rings is 3. The summed E-state index contributed by atoms with van der Waals surface area (Å²) in [6.45, 7) is 5.24. The largest absolute Gasteiger partial charge is 0.497 e. The van der Waals surface area contributed by atoms with Gasteiger partial charge in [-0.3, -0.25) is 4.79 Å². The van der Waals surface area contributed by atoms with Gasteiger partial charge < -0.3 is 14.5 Å². The predicted molar refractivity (Wildman–Crippen MR) is 128 cm³/mol. The summed E-state index contributed by atoms with van der Waals surface area (Å²) in [4.78, 5) is 18.5. The molecule has 3 aromatic rings. The average Bonchev–Trinajstić information content (AvgIpc) is 2.84. The van der Waals surface area contributed by atoms with Gasteiger partial charge in [-0.05, 0) is 61.0 Å². The molecule has 1 heterocycles. The van der Waals surface area contributed by atoms with Gasteiger partial charge in [-0.2, -0.15) is 0 Å². The number of carbonyl (C=O) groups is 1. The smallest absolute Gasteiger partial charge is 0.253 e. The van der Waals surface area contributed by atoms with Crippen LogP contribution in [0.5, 0.6) is 5.75 Å². The van der Waals surface area contributed by atoms with Crippen LogP contribution < -0.4 is 9.64 Å². The van der Waals surface area contributed by atoms with Crippen LogP contribution in [0.3, 0.4) is 0 Å². The summed E-state index contributed by atoms with van der Waals surface area (Å²) in [6, 6.07) is 24.8. The van der Waals surface area contributed by atoms with Crippen molar-refractivity contribution in [2.24, 2.45) is 0 Å². The average molecular weight is 433 g/mol. The van der Waals surface area contributed by atoms with Crippen molar-refractivity contribution in [3.05, 3.63) is 89.5 Å². The molecule has 3 aromatic carbocycles. The molecule has 1 aliphatic heterocycles. The molecule has 0 unspecified atom stereocenters. The Morgan fingerprint density at radius 2 is 1.52 bits per heavy atom. The summed E-state index contributed by atoms with van der Waals surface area (Å²) in [5, 5.41) is 0. The molecule has 1 saturated heterocycles. The number of hydrogen-bond donors (Lipinski definition) is 0. The lowest BCUT2D eigenvalue weighted by Crippen LogP contribution is -2.48. The summed E-state index contributed by atoms with van der Waals surface area (Å²) in [5.74, 6) is 1.88. The number of nitrogens with zero attached hydrogens (tertiary/aromatic N) is 2. The number of methoxy groups -OCH3 is 1. The lowest BCUT2D eigenvalue weighted by Gasteiger charge is -2.36. The van der Waals surface area contributed by atoms with E-state index in [1.807, 2.05) is 40.9 Å². The molecule has 0 saturated carbocycles. The molecule has 31 heavy (non-hydrogen) atoms. The summed E-state index contributed by atoms with van der Waals surface area (Å²) >= 11 is 1.82. The van der Waals surface area contributed by atoms with Crippen LogP contribution in [0, 0.1) is 6.92 Å². The third kappa shape index (κ3) is 5.42. The Balaban J connectivity index is 1.29. The second kappa shape index (κ2) is 9.92. The molecule has 0 spiro atoms. The standard InChI is InChI=1S/C26H28N2O2S/c1-20-3-13-25(14-4-20)31-19-21-5-7-22(8-6-21)26(29)28-17-15-27(16-18-28)23-9-11-24(30-2)12-10-23/h3-14H,15-19H2,1-2H3. The van der Waals surface area contributed by atoms with E-state index in [0.717, 1.165) is 43.2 Å². The van der Waals surface area contributed by atoms with Crippen LogP contribution >= 0.6 is 11.8 Å². The normalized spacial score (nSPS) is 13.9. The highest BCUT2D eigenvalue weighted by atomic mass is 32.2. The number of anilines is 1. The van der Waals surface area contributed by atoms with Gasteiger partial charge in [0.15, 0.2) is 0 Å². The molecule has 0 atom stereocenters. The van der Waals surface area contributed by atoms with Crippen LogP contribution in [0.15, 0.2) is 77.7 Å². The molecular formula is C26H28N2O2S. The molecule has 0 bridgehead atoms. The molecule has 160 valence electrons. The van der Waals surface area contributed by atoms with Crippen molar-refractivity contribution in [3.63, 3.8) is 0 Å². The van der Waals surface area contributed by atoms with Crippen LogP contribution in [0.2, 0.25) is 0 Å². The number of ether oxygens (including phenoxy) is 1. The Morgan fingerprint density at radius 1 is 0.871 bits per heavy atom. The predicted octanol–water partition coefficient (Wildman–Crippen LogP) is 5.26. The third-order valence-electron chi connectivity index (χ3n) is 5.63. The second-order valence-corrected chi connectivity index (χ2v) is 8.82. The van der Waals surface area contributed by atoms with Crippen LogP contribution in [0.4, 0.5) is 5.69 Å². The number of thioether (sulfide) groups is 1. The van der Waals surface area contributed by atoms with E-state index in [1.54, 1.807) is 7.11 Å². The summed E-state index contributed by atoms with van der Waals surface area (Å²) in [6.07, 6.45) is 0. The highest BCUT2D eigenvalue weighted by Crippen LogP contribution is 2.24. The van der Waals surface area contributed by atoms with Gasteiger partial charge in [0.05, 0.1) is 7.11 Å². The van der Waals surface area contributed by atoms with Gasteiger partial charge in [0.25, 0.3) is 5.91 Å². The van der Waals surface area contributed by atoms with Gasteiger partial charge in [-0.25, -0.2) is 0 Å². The molecule has 5 heteroatoms. The van der Waals surface area contributed by atoms with E-state index in [-0.39, 0.29) is 5.91 Å². The van der Waals surface area contributed by atoms with E-state index in [1.165, 1.54) is 21.7 Å². The third-order valence-corrected chi connectivity index (χ3v) is 6.71. The van der Waals surface area contributed by atoms with Crippen molar-refractivity contribution >= 4 is 23.4 Å². The van der Waals surface area contributed by atoms with Gasteiger partial charge in [-0.1, -0.05) is 29.8 Å². The Hall–Kier alpha value is -2.92. The molecular weight excluding hydrogens is 404 g/mol. The maximum Gasteiger partial charge on any atom is 0.253 e. The number of aryl methyl sites for hydroxylation is 1. The van der Waals surface area contributed by atoms with E-state index in [2.05, 4.69) is 60.4 Å². The van der Waals surface area contributed by atoms with Crippen molar-refractivity contribution < 1.29 is 9.53 Å². The highest BCUT2D eigenvalue weighted by Gasteiger charge is 2.22. The fourth-order valence-corrected chi connectivity index (χ4v) is 4.54. The lowest BCUT2D eigenvalue weighted by atomic mass is 10.1. The van der Waals surface area contributed by atoms with Crippen LogP contribution in [-0.2, 0) is 5.75 Å². The first-order chi connectivity index (χ1) is 15.1. The molecule has 4 nitrogen and oxygen atoms in total. The number of piperazine rings is 1. The first-order valence-electron chi connectivity index (χ1n) is 10.6. The van der Waals surface area contributed by atoms with E-state index in [4.69, 9.17) is 4.74 Å². The summed E-state index contributed by atoms with van der Waals surface area (Å²) in [5.41, 5.74) is 4.44. The van der Waals surface area contributed by atoms with E-state index >= 15 is 0 Å². The fraction of sp³-hybridized carbons (Fsp3) is 0.269. The van der Waals surface area contributed by atoms with E-state index < -0.39 is 0 Å². The minimum atomic E-state index is 0.118. The Morgan fingerprint density at radius 3 is 2.13 bits per heavy atom. The molecule has 0 radical (unpaired) electrons. The first kappa shape index (κ1) is 21.3. The zero-order valence-corrected chi connectivity index (χ0v) is 18.9. The molecule has 0 aromatic heterocycles. The second-order valence-electron chi connectivity index (χ2n) is 7.78. The SMILES string of the molecule is COc1ccc(N2CCN(C(=O)c3ccc(CSc4ccc(C)cc4)cc3)CC2)cc1. The topological polar surface area (TPSA) is 32.8 Å². The van der Waals surface area contributed by atoms with E-state index in [9.17, 15) is 4.79 Å². The van der Waals surface area contributed by atoms with Crippen molar-refractivity contribution in [1.29, 1.82) is 0 Å². The Kier molecular flexibility index (Phi) is 6.82. The number of amides is 1. The quantitative estimate of drug-likeness (QED) is 0.498. The Bertz CT molecular complexity index is 993. The number of carbonyl (C=O) groups excluding carboxylic acids is 1. The van der Waals surface area contributed by atoms with Gasteiger partial charge in [-0.15, -0.1) is 11.8 Å². The minimum absolute atomic E-state index is 0.118. The van der Waals surface area contributed by atoms with Crippen LogP contribution in [0.1, 0.15) is 21.5 Å². The minimum Gasteiger partial charge on any atom is -0.497 e. The van der Waals surface area contributed by atoms with Crippen molar-refractivity contribution in [2.45, 2.75) is 17.6 Å². The van der Waals surface area contributed by atoms with Crippen molar-refractivity contribution in [3.8, 4) is 5.75 Å². The number of hydrogen-bond acceptors (Lipinski definition) is 4. The molecule has 0 N–H and O–H groups in total. The van der Waals surface area contributed by atoms with Gasteiger partial charge >= 0.3 is 0 Å². The van der Waals surface area contributed by atoms with Crippen LogP contribution in [0.25, 0.3) is 0 Å². The van der Waals surface area contributed by atoms with Gasteiger partial charge in [0.2, 0.25) is 0 Å². The monoisotopic (exact) mass is 432 g/mol. The Labute approximate surface area is 188 Å². The molecule has 0 aliphatic carbocycles.